The Morgan fingerprint density at radius 2 is 2.25 bits per heavy atom. The van der Waals surface area contributed by atoms with Gasteiger partial charge >= 0.3 is 5.97 Å². The van der Waals surface area contributed by atoms with Gasteiger partial charge in [-0.05, 0) is 31.4 Å². The van der Waals surface area contributed by atoms with Crippen LogP contribution in [0.4, 0.5) is 5.69 Å². The molecule has 0 radical (unpaired) electrons. The lowest BCUT2D eigenvalue weighted by atomic mass is 10.0. The lowest BCUT2D eigenvalue weighted by Gasteiger charge is -2.09. The molecule has 0 fully saturated rings. The molecular formula is C12H17NO3. The number of ether oxygens (including phenoxy) is 1. The Morgan fingerprint density at radius 3 is 2.88 bits per heavy atom. The number of benzene rings is 1. The van der Waals surface area contributed by atoms with Crippen molar-refractivity contribution in [3.8, 4) is 0 Å². The van der Waals surface area contributed by atoms with Crippen LogP contribution >= 0.6 is 0 Å². The number of anilines is 1. The van der Waals surface area contributed by atoms with E-state index in [9.17, 15) is 4.79 Å². The molecule has 0 aliphatic rings. The Morgan fingerprint density at radius 1 is 1.50 bits per heavy atom. The largest absolute Gasteiger partial charge is 0.462 e. The Bertz CT molecular complexity index is 363. The molecule has 88 valence electrons. The number of hydrogen-bond donors (Lipinski definition) is 2. The van der Waals surface area contributed by atoms with Crippen LogP contribution in [0, 0.1) is 0 Å². The maximum atomic E-state index is 11.5. The predicted octanol–water partition coefficient (Wildman–Crippen LogP) is 1.37. The minimum Gasteiger partial charge on any atom is -0.462 e. The van der Waals surface area contributed by atoms with Gasteiger partial charge in [0.1, 0.15) is 0 Å². The summed E-state index contributed by atoms with van der Waals surface area (Å²) in [7, 11) is 0. The summed E-state index contributed by atoms with van der Waals surface area (Å²) in [6, 6.07) is 5.28. The molecule has 4 heteroatoms. The number of nitrogens with two attached hydrogens (primary N) is 1. The van der Waals surface area contributed by atoms with Gasteiger partial charge in [-0.15, -0.1) is 0 Å². The molecule has 0 atom stereocenters. The number of rotatable bonds is 5. The molecule has 0 aliphatic heterocycles. The molecule has 4 nitrogen and oxygen atoms in total. The van der Waals surface area contributed by atoms with Gasteiger partial charge in [0.2, 0.25) is 0 Å². The van der Waals surface area contributed by atoms with Gasteiger partial charge in [-0.1, -0.05) is 12.1 Å². The number of aryl methyl sites for hydroxylation is 1. The van der Waals surface area contributed by atoms with Crippen molar-refractivity contribution < 1.29 is 14.6 Å². The molecular weight excluding hydrogens is 206 g/mol. The highest BCUT2D eigenvalue weighted by atomic mass is 16.5. The summed E-state index contributed by atoms with van der Waals surface area (Å²) in [6.45, 7) is 2.20. The van der Waals surface area contributed by atoms with Crippen molar-refractivity contribution in [2.24, 2.45) is 0 Å². The molecule has 0 heterocycles. The fraction of sp³-hybridized carbons (Fsp3) is 0.417. The predicted molar refractivity (Wildman–Crippen MR) is 62.2 cm³/mol. The average molecular weight is 223 g/mol. The fourth-order valence-electron chi connectivity index (χ4n) is 1.49. The minimum atomic E-state index is -0.397. The number of aliphatic hydroxyl groups is 1. The summed E-state index contributed by atoms with van der Waals surface area (Å²) in [4.78, 5) is 11.5. The highest BCUT2D eigenvalue weighted by Gasteiger charge is 2.12. The number of carbonyl (C=O) groups excluding carboxylic acids is 1. The van der Waals surface area contributed by atoms with Crippen LogP contribution in [0.3, 0.4) is 0 Å². The highest BCUT2D eigenvalue weighted by Crippen LogP contribution is 2.19. The maximum Gasteiger partial charge on any atom is 0.340 e. The number of para-hydroxylation sites is 1. The van der Waals surface area contributed by atoms with Gasteiger partial charge < -0.3 is 15.6 Å². The van der Waals surface area contributed by atoms with Crippen LogP contribution in [0.15, 0.2) is 18.2 Å². The van der Waals surface area contributed by atoms with E-state index in [-0.39, 0.29) is 6.61 Å². The quantitative estimate of drug-likeness (QED) is 0.584. The van der Waals surface area contributed by atoms with Gasteiger partial charge in [-0.2, -0.15) is 0 Å². The lowest BCUT2D eigenvalue weighted by Crippen LogP contribution is -2.10. The van der Waals surface area contributed by atoms with Crippen molar-refractivity contribution in [2.75, 3.05) is 18.9 Å². The molecule has 0 aliphatic carbocycles. The second-order valence-corrected chi connectivity index (χ2v) is 3.43. The molecule has 0 spiro atoms. The highest BCUT2D eigenvalue weighted by molar-refractivity contribution is 5.95. The first-order valence-electron chi connectivity index (χ1n) is 5.36. The molecule has 1 aromatic carbocycles. The monoisotopic (exact) mass is 223 g/mol. The SMILES string of the molecule is CCOC(=O)c1cccc(CCCO)c1N. The smallest absolute Gasteiger partial charge is 0.340 e. The van der Waals surface area contributed by atoms with Crippen LogP contribution < -0.4 is 5.73 Å². The average Bonchev–Trinajstić information content (AvgIpc) is 2.28. The number of hydrogen-bond acceptors (Lipinski definition) is 4. The number of carbonyl (C=O) groups is 1. The summed E-state index contributed by atoms with van der Waals surface area (Å²) in [5.41, 5.74) is 7.60. The van der Waals surface area contributed by atoms with Crippen LogP contribution in [-0.2, 0) is 11.2 Å². The van der Waals surface area contributed by atoms with Gasteiger partial charge in [0, 0.05) is 12.3 Å². The summed E-state index contributed by atoms with van der Waals surface area (Å²) >= 11 is 0. The van der Waals surface area contributed by atoms with Crippen LogP contribution in [-0.4, -0.2) is 24.3 Å². The fourth-order valence-corrected chi connectivity index (χ4v) is 1.49. The van der Waals surface area contributed by atoms with E-state index in [0.717, 1.165) is 5.56 Å². The van der Waals surface area contributed by atoms with Gasteiger partial charge in [0.15, 0.2) is 0 Å². The van der Waals surface area contributed by atoms with Crippen LogP contribution in [0.25, 0.3) is 0 Å². The molecule has 3 N–H and O–H groups in total. The third-order valence-corrected chi connectivity index (χ3v) is 2.30. The zero-order valence-corrected chi connectivity index (χ0v) is 9.40. The van der Waals surface area contributed by atoms with Gasteiger partial charge in [-0.3, -0.25) is 0 Å². The maximum absolute atomic E-state index is 11.5. The first-order chi connectivity index (χ1) is 7.70. The minimum absolute atomic E-state index is 0.114. The summed E-state index contributed by atoms with van der Waals surface area (Å²) in [5, 5.41) is 8.75. The first kappa shape index (κ1) is 12.5. The molecule has 16 heavy (non-hydrogen) atoms. The molecule has 1 rings (SSSR count). The third-order valence-electron chi connectivity index (χ3n) is 2.30. The summed E-state index contributed by atoms with van der Waals surface area (Å²) in [5.74, 6) is -0.397. The van der Waals surface area contributed by atoms with Crippen LogP contribution in [0.5, 0.6) is 0 Å². The Labute approximate surface area is 95.0 Å². The second-order valence-electron chi connectivity index (χ2n) is 3.43. The van der Waals surface area contributed by atoms with Crippen molar-refractivity contribution in [3.63, 3.8) is 0 Å². The normalized spacial score (nSPS) is 10.1. The lowest BCUT2D eigenvalue weighted by molar-refractivity contribution is 0.0527. The number of esters is 1. The molecule has 0 saturated heterocycles. The van der Waals surface area contributed by atoms with Crippen molar-refractivity contribution in [1.82, 2.24) is 0 Å². The number of aliphatic hydroxyl groups excluding tert-OH is 1. The van der Waals surface area contributed by atoms with E-state index in [0.29, 0.717) is 30.7 Å². The zero-order chi connectivity index (χ0) is 12.0. The van der Waals surface area contributed by atoms with Crippen molar-refractivity contribution in [1.29, 1.82) is 0 Å². The Balaban J connectivity index is 2.89. The Hall–Kier alpha value is -1.55. The van der Waals surface area contributed by atoms with Gasteiger partial charge in [-0.25, -0.2) is 4.79 Å². The van der Waals surface area contributed by atoms with E-state index in [1.165, 1.54) is 0 Å². The Kier molecular flexibility index (Phi) is 4.79. The van der Waals surface area contributed by atoms with E-state index in [2.05, 4.69) is 0 Å². The van der Waals surface area contributed by atoms with Gasteiger partial charge in [0.25, 0.3) is 0 Å². The molecule has 0 amide bonds. The first-order valence-corrected chi connectivity index (χ1v) is 5.36. The molecule has 1 aromatic rings. The zero-order valence-electron chi connectivity index (χ0n) is 9.40. The van der Waals surface area contributed by atoms with E-state index < -0.39 is 5.97 Å². The molecule has 0 saturated carbocycles. The summed E-state index contributed by atoms with van der Waals surface area (Å²) in [6.07, 6.45) is 1.30. The standard InChI is InChI=1S/C12H17NO3/c1-2-16-12(15)10-7-3-5-9(11(10)13)6-4-8-14/h3,5,7,14H,2,4,6,8,13H2,1H3. The number of nitrogen functional groups attached to an aromatic ring is 1. The van der Waals surface area contributed by atoms with E-state index >= 15 is 0 Å². The van der Waals surface area contributed by atoms with Crippen molar-refractivity contribution in [2.45, 2.75) is 19.8 Å². The van der Waals surface area contributed by atoms with E-state index in [1.807, 2.05) is 6.07 Å². The van der Waals surface area contributed by atoms with Gasteiger partial charge in [0.05, 0.1) is 12.2 Å². The van der Waals surface area contributed by atoms with Crippen LogP contribution in [0.1, 0.15) is 29.3 Å². The summed E-state index contributed by atoms with van der Waals surface area (Å²) < 4.78 is 4.90. The van der Waals surface area contributed by atoms with Crippen LogP contribution in [0.2, 0.25) is 0 Å². The van der Waals surface area contributed by atoms with E-state index in [1.54, 1.807) is 19.1 Å². The second kappa shape index (κ2) is 6.12. The van der Waals surface area contributed by atoms with Crippen molar-refractivity contribution >= 4 is 11.7 Å². The van der Waals surface area contributed by atoms with E-state index in [4.69, 9.17) is 15.6 Å². The molecule has 0 aromatic heterocycles. The topological polar surface area (TPSA) is 72.5 Å². The third kappa shape index (κ3) is 2.97. The van der Waals surface area contributed by atoms with Crippen molar-refractivity contribution in [3.05, 3.63) is 29.3 Å². The molecule has 0 unspecified atom stereocenters. The molecule has 0 bridgehead atoms.